The Morgan fingerprint density at radius 2 is 2.10 bits per heavy atom. The summed E-state index contributed by atoms with van der Waals surface area (Å²) < 4.78 is 0. The summed E-state index contributed by atoms with van der Waals surface area (Å²) in [6, 6.07) is 8.29. The predicted molar refractivity (Wildman–Crippen MR) is 87.6 cm³/mol. The van der Waals surface area contributed by atoms with Crippen molar-refractivity contribution in [2.24, 2.45) is 11.8 Å². The zero-order chi connectivity index (χ0) is 14.7. The van der Waals surface area contributed by atoms with Gasteiger partial charge in [0, 0.05) is 17.6 Å². The molecule has 1 saturated heterocycles. The lowest BCUT2D eigenvalue weighted by Crippen LogP contribution is -2.40. The summed E-state index contributed by atoms with van der Waals surface area (Å²) in [6.45, 7) is 5.18. The van der Waals surface area contributed by atoms with E-state index in [2.05, 4.69) is 32.5 Å². The number of hydrogen-bond acceptors (Lipinski definition) is 1. The highest BCUT2D eigenvalue weighted by atomic mass is 35.5. The van der Waals surface area contributed by atoms with Gasteiger partial charge in [0.05, 0.1) is 0 Å². The summed E-state index contributed by atoms with van der Waals surface area (Å²) in [6.07, 6.45) is 3.16. The third-order valence-corrected chi connectivity index (χ3v) is 5.28. The molecular formula is C16H22ClNOS. The van der Waals surface area contributed by atoms with Crippen LogP contribution in [0, 0.1) is 11.8 Å². The van der Waals surface area contributed by atoms with Gasteiger partial charge < -0.3 is 4.90 Å². The van der Waals surface area contributed by atoms with Crippen LogP contribution in [-0.4, -0.2) is 22.7 Å². The van der Waals surface area contributed by atoms with Crippen molar-refractivity contribution < 1.29 is 4.79 Å². The Bertz CT molecular complexity index is 479. The van der Waals surface area contributed by atoms with Gasteiger partial charge in [0.2, 0.25) is 0 Å². The van der Waals surface area contributed by atoms with Gasteiger partial charge in [-0.2, -0.15) is 0 Å². The second kappa shape index (κ2) is 6.86. The predicted octanol–water partition coefficient (Wildman–Crippen LogP) is 4.67. The molecule has 1 aliphatic rings. The lowest BCUT2D eigenvalue weighted by Gasteiger charge is -2.32. The molecule has 0 N–H and O–H groups in total. The maximum absolute atomic E-state index is 11.6. The van der Waals surface area contributed by atoms with Crippen molar-refractivity contribution in [3.8, 4) is 0 Å². The van der Waals surface area contributed by atoms with E-state index in [-0.39, 0.29) is 11.3 Å². The van der Waals surface area contributed by atoms with E-state index >= 15 is 0 Å². The molecule has 3 atom stereocenters. The minimum Gasteiger partial charge on any atom is -0.331 e. The van der Waals surface area contributed by atoms with Crippen molar-refractivity contribution >= 4 is 29.5 Å². The van der Waals surface area contributed by atoms with Gasteiger partial charge in [-0.25, -0.2) is 0 Å². The molecule has 1 heterocycles. The largest absolute Gasteiger partial charge is 0.331 e. The Labute approximate surface area is 131 Å². The molecule has 0 aromatic heterocycles. The molecule has 0 spiro atoms. The molecule has 1 amide bonds. The number of likely N-dealkylation sites (tertiary alicyclic amines) is 1. The average molecular weight is 312 g/mol. The molecule has 3 unspecified atom stereocenters. The Balaban J connectivity index is 2.13. The van der Waals surface area contributed by atoms with Crippen molar-refractivity contribution in [1.29, 1.82) is 0 Å². The summed E-state index contributed by atoms with van der Waals surface area (Å²) in [5, 5.41) is 0.737. The Morgan fingerprint density at radius 1 is 1.40 bits per heavy atom. The molecule has 1 fully saturated rings. The number of thiol groups is 1. The zero-order valence-electron chi connectivity index (χ0n) is 12.1. The van der Waals surface area contributed by atoms with E-state index in [0.717, 1.165) is 30.8 Å². The number of carbonyl (C=O) groups is 1. The SMILES string of the molecule is CC1C(Cc2ccccc2Cl)CCCN(C(=O)S)C1C. The van der Waals surface area contributed by atoms with Gasteiger partial charge in [-0.05, 0) is 49.7 Å². The highest BCUT2D eigenvalue weighted by molar-refractivity contribution is 7.96. The summed E-state index contributed by atoms with van der Waals surface area (Å²) >= 11 is 10.3. The van der Waals surface area contributed by atoms with Gasteiger partial charge in [-0.15, -0.1) is 0 Å². The van der Waals surface area contributed by atoms with Crippen molar-refractivity contribution in [2.45, 2.75) is 39.2 Å². The van der Waals surface area contributed by atoms with Crippen LogP contribution < -0.4 is 0 Å². The van der Waals surface area contributed by atoms with Crippen LogP contribution in [0.25, 0.3) is 0 Å². The molecule has 0 saturated carbocycles. The second-order valence-corrected chi connectivity index (χ2v) is 6.56. The van der Waals surface area contributed by atoms with Crippen molar-refractivity contribution in [3.05, 3.63) is 34.9 Å². The molecule has 1 aromatic rings. The van der Waals surface area contributed by atoms with Gasteiger partial charge >= 0.3 is 0 Å². The maximum atomic E-state index is 11.6. The molecule has 20 heavy (non-hydrogen) atoms. The first-order valence-electron chi connectivity index (χ1n) is 7.23. The number of amides is 1. The molecule has 1 aliphatic heterocycles. The standard InChI is InChI=1S/C16H22ClNOS/c1-11-12(2)18(16(19)20)9-5-7-13(11)10-14-6-3-4-8-15(14)17/h3-4,6,8,11-13H,5,7,9-10H2,1-2H3,(H,19,20). The summed E-state index contributed by atoms with van der Waals surface area (Å²) in [7, 11) is 0. The van der Waals surface area contributed by atoms with E-state index in [1.807, 2.05) is 23.1 Å². The third kappa shape index (κ3) is 3.50. The molecule has 4 heteroatoms. The molecule has 0 radical (unpaired) electrons. The molecule has 110 valence electrons. The molecule has 1 aromatic carbocycles. The first-order chi connectivity index (χ1) is 9.50. The van der Waals surface area contributed by atoms with Gasteiger partial charge in [-0.3, -0.25) is 4.79 Å². The topological polar surface area (TPSA) is 20.3 Å². The molecular weight excluding hydrogens is 290 g/mol. The Morgan fingerprint density at radius 3 is 2.75 bits per heavy atom. The molecule has 0 aliphatic carbocycles. The maximum Gasteiger partial charge on any atom is 0.278 e. The Kier molecular flexibility index (Phi) is 5.39. The van der Waals surface area contributed by atoms with E-state index in [9.17, 15) is 4.79 Å². The quantitative estimate of drug-likeness (QED) is 0.787. The van der Waals surface area contributed by atoms with Crippen LogP contribution in [-0.2, 0) is 6.42 Å². The fraction of sp³-hybridized carbons (Fsp3) is 0.562. The first kappa shape index (κ1) is 15.7. The van der Waals surface area contributed by atoms with Crippen LogP contribution in [0.2, 0.25) is 5.02 Å². The van der Waals surface area contributed by atoms with Gasteiger partial charge in [0.1, 0.15) is 0 Å². The molecule has 2 rings (SSSR count). The highest BCUT2D eigenvalue weighted by Gasteiger charge is 2.31. The number of hydrogen-bond donors (Lipinski definition) is 1. The minimum atomic E-state index is -0.109. The van der Waals surface area contributed by atoms with Crippen molar-refractivity contribution in [3.63, 3.8) is 0 Å². The fourth-order valence-electron chi connectivity index (χ4n) is 3.17. The van der Waals surface area contributed by atoms with Crippen LogP contribution in [0.5, 0.6) is 0 Å². The number of halogens is 1. The van der Waals surface area contributed by atoms with Crippen LogP contribution in [0.1, 0.15) is 32.3 Å². The number of nitrogens with zero attached hydrogens (tertiary/aromatic N) is 1. The molecule has 2 nitrogen and oxygen atoms in total. The lowest BCUT2D eigenvalue weighted by molar-refractivity contribution is 0.176. The van der Waals surface area contributed by atoms with Gasteiger partial charge in [0.25, 0.3) is 5.24 Å². The van der Waals surface area contributed by atoms with Crippen LogP contribution in [0.3, 0.4) is 0 Å². The number of rotatable bonds is 2. The summed E-state index contributed by atoms with van der Waals surface area (Å²) in [5.74, 6) is 1.01. The smallest absolute Gasteiger partial charge is 0.278 e. The first-order valence-corrected chi connectivity index (χ1v) is 8.06. The van der Waals surface area contributed by atoms with Gasteiger partial charge in [-0.1, -0.05) is 49.4 Å². The Hall–Kier alpha value is -0.670. The number of carbonyl (C=O) groups excluding carboxylic acids is 1. The van der Waals surface area contributed by atoms with E-state index in [1.165, 1.54) is 5.56 Å². The monoisotopic (exact) mass is 311 g/mol. The minimum absolute atomic E-state index is 0.109. The third-order valence-electron chi connectivity index (χ3n) is 4.66. The summed E-state index contributed by atoms with van der Waals surface area (Å²) in [4.78, 5) is 13.5. The van der Waals surface area contributed by atoms with E-state index in [1.54, 1.807) is 0 Å². The molecule has 0 bridgehead atoms. The van der Waals surface area contributed by atoms with Crippen molar-refractivity contribution in [1.82, 2.24) is 4.90 Å². The van der Waals surface area contributed by atoms with Crippen LogP contribution in [0.4, 0.5) is 4.79 Å². The second-order valence-electron chi connectivity index (χ2n) is 5.77. The van der Waals surface area contributed by atoms with Crippen molar-refractivity contribution in [2.75, 3.05) is 6.54 Å². The van der Waals surface area contributed by atoms with E-state index < -0.39 is 0 Å². The average Bonchev–Trinajstić information content (AvgIpc) is 2.54. The normalized spacial score (nSPS) is 27.2. The summed E-state index contributed by atoms with van der Waals surface area (Å²) in [5.41, 5.74) is 1.21. The highest BCUT2D eigenvalue weighted by Crippen LogP contribution is 2.32. The van der Waals surface area contributed by atoms with Crippen LogP contribution in [0.15, 0.2) is 24.3 Å². The lowest BCUT2D eigenvalue weighted by atomic mass is 9.82. The van der Waals surface area contributed by atoms with Crippen LogP contribution >= 0.6 is 24.2 Å². The van der Waals surface area contributed by atoms with E-state index in [4.69, 9.17) is 11.6 Å². The number of benzene rings is 1. The zero-order valence-corrected chi connectivity index (χ0v) is 13.7. The van der Waals surface area contributed by atoms with Gasteiger partial charge in [0.15, 0.2) is 0 Å². The fourth-order valence-corrected chi connectivity index (χ4v) is 3.67. The van der Waals surface area contributed by atoms with E-state index in [0.29, 0.717) is 11.8 Å².